The van der Waals surface area contributed by atoms with Crippen molar-refractivity contribution in [3.05, 3.63) is 0 Å². The summed E-state index contributed by atoms with van der Waals surface area (Å²) in [4.78, 5) is 0. The summed E-state index contributed by atoms with van der Waals surface area (Å²) in [5, 5.41) is 0. The monoisotopic (exact) mass is 394 g/mol. The minimum Gasteiger partial charge on any atom is -0.251 e. The molecule has 6 atom stereocenters. The van der Waals surface area contributed by atoms with Gasteiger partial charge in [-0.3, -0.25) is 4.39 Å². The molecule has 0 aliphatic carbocycles. The molecule has 0 rings (SSSR count). The Morgan fingerprint density at radius 2 is 1.17 bits per heavy atom. The largest absolute Gasteiger partial charge is 0.251 e. The van der Waals surface area contributed by atoms with Crippen molar-refractivity contribution in [3.8, 4) is 0 Å². The maximum atomic E-state index is 13.1. The van der Waals surface area contributed by atoms with Crippen molar-refractivity contribution in [2.45, 2.75) is 49.9 Å². The fourth-order valence-electron chi connectivity index (χ4n) is 1.27. The van der Waals surface area contributed by atoms with E-state index in [2.05, 4.69) is 0 Å². The lowest BCUT2D eigenvalue weighted by atomic mass is 10.00. The maximum absolute atomic E-state index is 13.1. The average molecular weight is 394 g/mol. The lowest BCUT2D eigenvalue weighted by molar-refractivity contribution is -0.0176. The van der Waals surface area contributed by atoms with Crippen molar-refractivity contribution in [1.82, 2.24) is 0 Å². The third-order valence-corrected chi connectivity index (χ3v) is 3.21. The first kappa shape index (κ1) is 18.2. The molecule has 0 aromatic heterocycles. The maximum Gasteiger partial charge on any atom is 0.168 e. The Kier molecular flexibility index (Phi) is 9.32. The van der Waals surface area contributed by atoms with Crippen LogP contribution in [0.15, 0.2) is 0 Å². The van der Waals surface area contributed by atoms with Gasteiger partial charge in [0, 0.05) is 4.43 Å². The Morgan fingerprint density at radius 3 is 1.56 bits per heavy atom. The van der Waals surface area contributed by atoms with Crippen LogP contribution in [0.4, 0.5) is 30.7 Å². The molecule has 0 nitrogen and oxygen atoms in total. The van der Waals surface area contributed by atoms with Crippen LogP contribution >= 0.6 is 22.6 Å². The fourth-order valence-corrected chi connectivity index (χ4v) is 1.75. The Morgan fingerprint density at radius 1 is 0.722 bits per heavy atom. The zero-order chi connectivity index (χ0) is 14.3. The van der Waals surface area contributed by atoms with Gasteiger partial charge in [-0.1, -0.05) is 22.6 Å². The highest BCUT2D eigenvalue weighted by Crippen LogP contribution is 2.26. The number of hydrogen-bond acceptors (Lipinski definition) is 0. The van der Waals surface area contributed by atoms with Gasteiger partial charge in [0.1, 0.15) is 12.3 Å². The molecule has 0 heterocycles. The number of alkyl halides is 8. The van der Waals surface area contributed by atoms with Crippen LogP contribution in [-0.4, -0.2) is 48.1 Å². The van der Waals surface area contributed by atoms with Crippen LogP contribution < -0.4 is 0 Å². The van der Waals surface area contributed by atoms with Gasteiger partial charge in [0.2, 0.25) is 0 Å². The summed E-state index contributed by atoms with van der Waals surface area (Å²) in [5.74, 6) is 0. The molecule has 0 aliphatic rings. The van der Waals surface area contributed by atoms with E-state index in [0.717, 1.165) is 0 Å². The minimum atomic E-state index is -3.10. The van der Waals surface area contributed by atoms with Crippen molar-refractivity contribution < 1.29 is 30.7 Å². The zero-order valence-electron chi connectivity index (χ0n) is 9.32. The van der Waals surface area contributed by atoms with E-state index in [9.17, 15) is 30.7 Å². The van der Waals surface area contributed by atoms with E-state index in [1.807, 2.05) is 0 Å². The van der Waals surface area contributed by atoms with Crippen LogP contribution in [0.1, 0.15) is 12.8 Å². The summed E-state index contributed by atoms with van der Waals surface area (Å²) in [6.45, 7) is -0.920. The van der Waals surface area contributed by atoms with Gasteiger partial charge in [-0.25, -0.2) is 26.3 Å². The van der Waals surface area contributed by atoms with Crippen LogP contribution in [0.25, 0.3) is 0 Å². The first-order valence-corrected chi connectivity index (χ1v) is 6.85. The number of hydrogen-bond donors (Lipinski definition) is 0. The second-order valence-corrected chi connectivity index (χ2v) is 4.68. The molecule has 110 valence electrons. The van der Waals surface area contributed by atoms with Crippen molar-refractivity contribution in [2.24, 2.45) is 0 Å². The summed E-state index contributed by atoms with van der Waals surface area (Å²) < 4.78 is 89.3. The van der Waals surface area contributed by atoms with Crippen LogP contribution in [0, 0.1) is 0 Å². The molecule has 0 radical (unpaired) electrons. The average Bonchev–Trinajstić information content (AvgIpc) is 2.40. The van der Waals surface area contributed by atoms with Crippen molar-refractivity contribution in [3.63, 3.8) is 0 Å². The molecule has 0 aromatic rings. The fraction of sp³-hybridized carbons (Fsp3) is 1.00. The first-order valence-electron chi connectivity index (χ1n) is 5.33. The molecule has 0 amide bonds. The molecule has 6 unspecified atom stereocenters. The van der Waals surface area contributed by atoms with E-state index in [1.165, 1.54) is 22.6 Å². The first-order chi connectivity index (χ1) is 8.36. The quantitative estimate of drug-likeness (QED) is 0.313. The van der Waals surface area contributed by atoms with Gasteiger partial charge in [0.05, 0.1) is 6.67 Å². The Labute approximate surface area is 114 Å². The minimum absolute atomic E-state index is 0.343. The van der Waals surface area contributed by atoms with E-state index in [4.69, 9.17) is 0 Å². The highest BCUT2D eigenvalue weighted by atomic mass is 127. The van der Waals surface area contributed by atoms with Crippen molar-refractivity contribution in [2.75, 3.05) is 11.1 Å². The van der Waals surface area contributed by atoms with Gasteiger partial charge >= 0.3 is 0 Å². The van der Waals surface area contributed by atoms with Crippen LogP contribution in [0.2, 0.25) is 0 Å². The van der Waals surface area contributed by atoms with Gasteiger partial charge in [0.15, 0.2) is 24.7 Å². The van der Waals surface area contributed by atoms with Crippen molar-refractivity contribution >= 4 is 22.6 Å². The van der Waals surface area contributed by atoms with E-state index >= 15 is 0 Å². The Hall–Kier alpha value is 0.240. The van der Waals surface area contributed by atoms with Crippen LogP contribution in [0.3, 0.4) is 0 Å². The molecule has 0 fully saturated rings. The van der Waals surface area contributed by atoms with Gasteiger partial charge < -0.3 is 0 Å². The van der Waals surface area contributed by atoms with Crippen LogP contribution in [-0.2, 0) is 0 Å². The molecule has 0 saturated heterocycles. The van der Waals surface area contributed by atoms with E-state index < -0.39 is 54.6 Å². The van der Waals surface area contributed by atoms with Crippen LogP contribution in [0.5, 0.6) is 0 Å². The topological polar surface area (TPSA) is 0 Å². The van der Waals surface area contributed by atoms with Gasteiger partial charge in [-0.05, 0) is 12.8 Å². The molecule has 18 heavy (non-hydrogen) atoms. The van der Waals surface area contributed by atoms with Gasteiger partial charge in [-0.2, -0.15) is 0 Å². The third kappa shape index (κ3) is 5.48. The lowest BCUT2D eigenvalue weighted by Gasteiger charge is -2.23. The summed E-state index contributed by atoms with van der Waals surface area (Å²) in [6, 6.07) is 0. The Bertz CT molecular complexity index is 218. The Balaban J connectivity index is 4.38. The van der Waals surface area contributed by atoms with Gasteiger partial charge in [0.25, 0.3) is 0 Å². The molecule has 0 bridgehead atoms. The predicted octanol–water partition coefficient (Wildman–Crippen LogP) is 4.20. The second-order valence-electron chi connectivity index (χ2n) is 3.80. The highest BCUT2D eigenvalue weighted by Gasteiger charge is 2.42. The van der Waals surface area contributed by atoms with E-state index in [1.54, 1.807) is 0 Å². The molecule has 8 heteroatoms. The van der Waals surface area contributed by atoms with E-state index in [-0.39, 0.29) is 6.42 Å². The SMILES string of the molecule is FCCCC(F)C(F)C(F)C(F)C(F)C(F)CI. The zero-order valence-corrected chi connectivity index (χ0v) is 11.5. The summed E-state index contributed by atoms with van der Waals surface area (Å²) >= 11 is 1.42. The third-order valence-electron chi connectivity index (χ3n) is 2.36. The standard InChI is InChI=1S/C10H14F7I/c11-3-1-2-5(12)7(14)9(16)10(17)8(15)6(13)4-18/h5-10H,1-4H2. The predicted molar refractivity (Wildman–Crippen MR) is 63.5 cm³/mol. The van der Waals surface area contributed by atoms with Crippen molar-refractivity contribution in [1.29, 1.82) is 0 Å². The molecule has 0 aromatic carbocycles. The van der Waals surface area contributed by atoms with E-state index in [0.29, 0.717) is 0 Å². The molecular formula is C10H14F7I. The second kappa shape index (κ2) is 9.19. The molecule has 0 N–H and O–H groups in total. The molecule has 0 saturated carbocycles. The summed E-state index contributed by atoms with van der Waals surface area (Å²) in [6.07, 6.45) is -17.6. The summed E-state index contributed by atoms with van der Waals surface area (Å²) in [7, 11) is 0. The summed E-state index contributed by atoms with van der Waals surface area (Å²) in [5.41, 5.74) is 0. The lowest BCUT2D eigenvalue weighted by Crippen LogP contribution is -2.43. The molecular weight excluding hydrogens is 380 g/mol. The van der Waals surface area contributed by atoms with Gasteiger partial charge in [-0.15, -0.1) is 0 Å². The normalized spacial score (nSPS) is 22.0. The highest BCUT2D eigenvalue weighted by molar-refractivity contribution is 14.1. The number of rotatable bonds is 9. The molecule has 0 spiro atoms. The number of halogens is 8. The smallest absolute Gasteiger partial charge is 0.168 e. The molecule has 0 aliphatic heterocycles.